The van der Waals surface area contributed by atoms with Crippen LogP contribution in [-0.2, 0) is 5.41 Å². The number of aryl methyl sites for hydroxylation is 1. The highest BCUT2D eigenvalue weighted by atomic mass is 19.1. The van der Waals surface area contributed by atoms with E-state index in [9.17, 15) is 9.18 Å². The van der Waals surface area contributed by atoms with Crippen LogP contribution in [0, 0.1) is 18.7 Å². The van der Waals surface area contributed by atoms with E-state index in [1.807, 2.05) is 0 Å². The molecule has 0 unspecified atom stereocenters. The van der Waals surface area contributed by atoms with Crippen LogP contribution in [0.5, 0.6) is 5.75 Å². The molecular formula is C18H20FN3O3. The Bertz CT molecular complexity index is 822. The van der Waals surface area contributed by atoms with Gasteiger partial charge >= 0.3 is 0 Å². The van der Waals surface area contributed by atoms with Crippen LogP contribution in [0.3, 0.4) is 0 Å². The van der Waals surface area contributed by atoms with E-state index in [0.717, 1.165) is 19.3 Å². The fourth-order valence-corrected chi connectivity index (χ4v) is 4.31. The highest BCUT2D eigenvalue weighted by Crippen LogP contribution is 2.50. The monoisotopic (exact) mass is 345 g/mol. The van der Waals surface area contributed by atoms with Crippen molar-refractivity contribution in [3.8, 4) is 5.75 Å². The molecule has 2 aromatic rings. The Labute approximate surface area is 145 Å². The molecule has 1 amide bonds. The van der Waals surface area contributed by atoms with Crippen molar-refractivity contribution >= 4 is 5.91 Å². The number of benzene rings is 1. The van der Waals surface area contributed by atoms with E-state index in [2.05, 4.69) is 10.2 Å². The third-order valence-corrected chi connectivity index (χ3v) is 5.50. The predicted molar refractivity (Wildman–Crippen MR) is 86.9 cm³/mol. The van der Waals surface area contributed by atoms with Crippen molar-refractivity contribution in [2.75, 3.05) is 20.2 Å². The summed E-state index contributed by atoms with van der Waals surface area (Å²) in [4.78, 5) is 14.8. The Morgan fingerprint density at radius 2 is 2.28 bits per heavy atom. The molecule has 0 radical (unpaired) electrons. The third-order valence-electron chi connectivity index (χ3n) is 5.50. The maximum atomic E-state index is 13.6. The fourth-order valence-electron chi connectivity index (χ4n) is 4.31. The lowest BCUT2D eigenvalue weighted by molar-refractivity contribution is 0.0771. The van der Waals surface area contributed by atoms with Crippen molar-refractivity contribution in [1.82, 2.24) is 15.1 Å². The number of methoxy groups -OCH3 is 1. The minimum atomic E-state index is -0.453. The van der Waals surface area contributed by atoms with E-state index in [1.165, 1.54) is 25.3 Å². The standard InChI is InChI=1S/C18H20FN3O3/c1-11-20-21-17(25-11)18-7-3-4-12(18)9-22(10-18)16(23)14-8-13(19)5-6-15(14)24-2/h5-6,8,12H,3-4,7,9-10H2,1-2H3/t12-,18-/m0/s1. The Morgan fingerprint density at radius 3 is 3.00 bits per heavy atom. The average Bonchev–Trinajstić information content (AvgIpc) is 3.27. The second kappa shape index (κ2) is 5.82. The van der Waals surface area contributed by atoms with Gasteiger partial charge in [0.1, 0.15) is 11.6 Å². The van der Waals surface area contributed by atoms with Crippen molar-refractivity contribution in [1.29, 1.82) is 0 Å². The van der Waals surface area contributed by atoms with E-state index in [4.69, 9.17) is 9.15 Å². The molecule has 1 aliphatic heterocycles. The zero-order chi connectivity index (χ0) is 17.6. The van der Waals surface area contributed by atoms with E-state index >= 15 is 0 Å². The van der Waals surface area contributed by atoms with Crippen LogP contribution in [0.2, 0.25) is 0 Å². The normalized spacial score (nSPS) is 25.2. The Kier molecular flexibility index (Phi) is 3.74. The number of ether oxygens (including phenoxy) is 1. The number of fused-ring (bicyclic) bond motifs is 1. The highest BCUT2D eigenvalue weighted by molar-refractivity contribution is 5.97. The molecule has 2 fully saturated rings. The number of carbonyl (C=O) groups is 1. The van der Waals surface area contributed by atoms with Gasteiger partial charge in [0.05, 0.1) is 18.1 Å². The van der Waals surface area contributed by atoms with E-state index < -0.39 is 5.82 Å². The molecule has 1 saturated heterocycles. The number of likely N-dealkylation sites (tertiary alicyclic amines) is 1. The van der Waals surface area contributed by atoms with E-state index in [1.54, 1.807) is 11.8 Å². The van der Waals surface area contributed by atoms with Crippen LogP contribution in [0.4, 0.5) is 4.39 Å². The maximum absolute atomic E-state index is 13.6. The van der Waals surface area contributed by atoms with Gasteiger partial charge in [-0.25, -0.2) is 4.39 Å². The van der Waals surface area contributed by atoms with Crippen LogP contribution < -0.4 is 4.74 Å². The summed E-state index contributed by atoms with van der Waals surface area (Å²) in [5.74, 6) is 1.15. The molecule has 1 aromatic heterocycles. The van der Waals surface area contributed by atoms with Crippen molar-refractivity contribution in [2.24, 2.45) is 5.92 Å². The maximum Gasteiger partial charge on any atom is 0.257 e. The van der Waals surface area contributed by atoms with Crippen molar-refractivity contribution in [3.05, 3.63) is 41.4 Å². The van der Waals surface area contributed by atoms with Gasteiger partial charge in [-0.2, -0.15) is 0 Å². The predicted octanol–water partition coefficient (Wildman–Crippen LogP) is 2.72. The molecule has 6 nitrogen and oxygen atoms in total. The average molecular weight is 345 g/mol. The molecule has 1 aliphatic carbocycles. The summed E-state index contributed by atoms with van der Waals surface area (Å²) in [6.45, 7) is 2.89. The van der Waals surface area contributed by atoms with Crippen LogP contribution in [0.15, 0.2) is 22.6 Å². The second-order valence-electron chi connectivity index (χ2n) is 6.90. The van der Waals surface area contributed by atoms with Crippen LogP contribution in [0.1, 0.15) is 41.4 Å². The summed E-state index contributed by atoms with van der Waals surface area (Å²) >= 11 is 0. The quantitative estimate of drug-likeness (QED) is 0.855. The van der Waals surface area contributed by atoms with Crippen LogP contribution >= 0.6 is 0 Å². The molecule has 2 aliphatic rings. The molecule has 0 bridgehead atoms. The summed E-state index contributed by atoms with van der Waals surface area (Å²) in [5.41, 5.74) is -0.0309. The van der Waals surface area contributed by atoms with Gasteiger partial charge in [0.2, 0.25) is 11.8 Å². The Balaban J connectivity index is 1.66. The third kappa shape index (κ3) is 2.49. The molecule has 7 heteroatoms. The molecule has 2 atom stereocenters. The van der Waals surface area contributed by atoms with E-state index in [0.29, 0.717) is 30.6 Å². The zero-order valence-corrected chi connectivity index (χ0v) is 14.3. The van der Waals surface area contributed by atoms with Crippen molar-refractivity contribution in [3.63, 3.8) is 0 Å². The van der Waals surface area contributed by atoms with Gasteiger partial charge in [0.25, 0.3) is 5.91 Å². The van der Waals surface area contributed by atoms with Crippen molar-refractivity contribution in [2.45, 2.75) is 31.6 Å². The van der Waals surface area contributed by atoms with Crippen LogP contribution in [0.25, 0.3) is 0 Å². The molecule has 1 aromatic carbocycles. The van der Waals surface area contributed by atoms with Gasteiger partial charge in [-0.05, 0) is 37.0 Å². The lowest BCUT2D eigenvalue weighted by Gasteiger charge is -2.24. The van der Waals surface area contributed by atoms with Gasteiger partial charge < -0.3 is 14.1 Å². The first kappa shape index (κ1) is 16.1. The summed E-state index contributed by atoms with van der Waals surface area (Å²) in [5, 5.41) is 8.20. The number of halogens is 1. The Morgan fingerprint density at radius 1 is 1.44 bits per heavy atom. The number of hydrogen-bond acceptors (Lipinski definition) is 5. The summed E-state index contributed by atoms with van der Waals surface area (Å²) in [6, 6.07) is 4.01. The first-order chi connectivity index (χ1) is 12.0. The number of rotatable bonds is 3. The lowest BCUT2D eigenvalue weighted by Crippen LogP contribution is -2.35. The fraction of sp³-hybridized carbons (Fsp3) is 0.500. The SMILES string of the molecule is COc1ccc(F)cc1C(=O)N1C[C@@H]2CCC[C@]2(c2nnc(C)o2)C1. The highest BCUT2D eigenvalue weighted by Gasteiger charge is 2.55. The molecule has 2 heterocycles. The number of amides is 1. The summed E-state index contributed by atoms with van der Waals surface area (Å²) in [7, 11) is 1.48. The number of hydrogen-bond donors (Lipinski definition) is 0. The number of carbonyl (C=O) groups excluding carboxylic acids is 1. The van der Waals surface area contributed by atoms with Gasteiger partial charge in [0, 0.05) is 20.0 Å². The topological polar surface area (TPSA) is 68.5 Å². The minimum Gasteiger partial charge on any atom is -0.496 e. The molecule has 0 spiro atoms. The zero-order valence-electron chi connectivity index (χ0n) is 14.3. The number of aromatic nitrogens is 2. The van der Waals surface area contributed by atoms with Gasteiger partial charge in [0.15, 0.2) is 0 Å². The molecule has 4 rings (SSSR count). The second-order valence-corrected chi connectivity index (χ2v) is 6.90. The first-order valence-electron chi connectivity index (χ1n) is 8.47. The lowest BCUT2D eigenvalue weighted by atomic mass is 9.80. The van der Waals surface area contributed by atoms with Gasteiger partial charge in [-0.3, -0.25) is 4.79 Å². The molecule has 25 heavy (non-hydrogen) atoms. The summed E-state index contributed by atoms with van der Waals surface area (Å²) < 4.78 is 24.6. The molecular weight excluding hydrogens is 325 g/mol. The van der Waals surface area contributed by atoms with Gasteiger partial charge in [-0.15, -0.1) is 10.2 Å². The van der Waals surface area contributed by atoms with Crippen molar-refractivity contribution < 1.29 is 18.3 Å². The minimum absolute atomic E-state index is 0.221. The largest absolute Gasteiger partial charge is 0.496 e. The first-order valence-corrected chi connectivity index (χ1v) is 8.47. The smallest absolute Gasteiger partial charge is 0.257 e. The van der Waals surface area contributed by atoms with Crippen LogP contribution in [-0.4, -0.2) is 41.2 Å². The summed E-state index contributed by atoms with van der Waals surface area (Å²) in [6.07, 6.45) is 3.02. The van der Waals surface area contributed by atoms with Gasteiger partial charge in [-0.1, -0.05) is 6.42 Å². The number of nitrogens with zero attached hydrogens (tertiary/aromatic N) is 3. The molecule has 132 valence electrons. The molecule has 0 N–H and O–H groups in total. The molecule has 1 saturated carbocycles. The van der Waals surface area contributed by atoms with E-state index in [-0.39, 0.29) is 22.8 Å². The Hall–Kier alpha value is -2.44.